The van der Waals surface area contributed by atoms with Gasteiger partial charge in [-0.2, -0.15) is 4.98 Å². The van der Waals surface area contributed by atoms with E-state index in [1.165, 1.54) is 19.3 Å². The summed E-state index contributed by atoms with van der Waals surface area (Å²) in [5, 5.41) is 0.993. The van der Waals surface area contributed by atoms with Crippen LogP contribution in [-0.4, -0.2) is 11.1 Å². The van der Waals surface area contributed by atoms with E-state index in [1.807, 2.05) is 0 Å². The van der Waals surface area contributed by atoms with E-state index in [0.717, 1.165) is 6.42 Å². The molecule has 0 aromatic carbocycles. The molecule has 94 valence electrons. The third-order valence-corrected chi connectivity index (χ3v) is 4.09. The fourth-order valence-electron chi connectivity index (χ4n) is 2.11. The molecular formula is C12H14Cl3NO. The summed E-state index contributed by atoms with van der Waals surface area (Å²) in [4.78, 5) is 4.08. The predicted molar refractivity (Wildman–Crippen MR) is 71.3 cm³/mol. The summed E-state index contributed by atoms with van der Waals surface area (Å²) in [5.41, 5.74) is 0. The Morgan fingerprint density at radius 3 is 2.59 bits per heavy atom. The van der Waals surface area contributed by atoms with Gasteiger partial charge in [0.1, 0.15) is 11.1 Å². The molecule has 0 amide bonds. The van der Waals surface area contributed by atoms with Crippen molar-refractivity contribution in [1.29, 1.82) is 0 Å². The fraction of sp³-hybridized carbons (Fsp3) is 0.583. The Kier molecular flexibility index (Phi) is 4.40. The van der Waals surface area contributed by atoms with Crippen LogP contribution in [0.3, 0.4) is 0 Å². The van der Waals surface area contributed by atoms with Gasteiger partial charge in [-0.1, -0.05) is 48.1 Å². The minimum atomic E-state index is 0.172. The van der Waals surface area contributed by atoms with E-state index in [9.17, 15) is 0 Å². The van der Waals surface area contributed by atoms with E-state index in [0.29, 0.717) is 21.8 Å². The summed E-state index contributed by atoms with van der Waals surface area (Å²) in [6.07, 6.45) is 4.85. The van der Waals surface area contributed by atoms with Crippen molar-refractivity contribution in [2.75, 3.05) is 0 Å². The molecule has 0 N–H and O–H groups in total. The Morgan fingerprint density at radius 2 is 1.88 bits per heavy atom. The number of nitrogens with zero attached hydrogens (tertiary/aromatic N) is 1. The first kappa shape index (κ1) is 13.3. The van der Waals surface area contributed by atoms with E-state index in [4.69, 9.17) is 39.5 Å². The number of hydrogen-bond acceptors (Lipinski definition) is 2. The highest BCUT2D eigenvalue weighted by Gasteiger charge is 2.24. The van der Waals surface area contributed by atoms with Crippen molar-refractivity contribution in [2.24, 2.45) is 5.92 Å². The van der Waals surface area contributed by atoms with Gasteiger partial charge >= 0.3 is 0 Å². The normalized spacial score (nSPS) is 24.7. The highest BCUT2D eigenvalue weighted by Crippen LogP contribution is 2.34. The van der Waals surface area contributed by atoms with Crippen molar-refractivity contribution < 1.29 is 4.74 Å². The van der Waals surface area contributed by atoms with Crippen LogP contribution in [0, 0.1) is 5.92 Å². The first-order chi connectivity index (χ1) is 8.08. The van der Waals surface area contributed by atoms with Crippen molar-refractivity contribution in [1.82, 2.24) is 4.98 Å². The largest absolute Gasteiger partial charge is 0.473 e. The second kappa shape index (κ2) is 5.64. The molecule has 1 heterocycles. The minimum Gasteiger partial charge on any atom is -0.473 e. The molecule has 2 atom stereocenters. The van der Waals surface area contributed by atoms with Gasteiger partial charge in [0.15, 0.2) is 5.15 Å². The summed E-state index contributed by atoms with van der Waals surface area (Å²) < 4.78 is 5.85. The highest BCUT2D eigenvalue weighted by molar-refractivity contribution is 6.42. The number of ether oxygens (including phenoxy) is 1. The van der Waals surface area contributed by atoms with Crippen LogP contribution in [0.2, 0.25) is 15.2 Å². The van der Waals surface area contributed by atoms with E-state index in [1.54, 1.807) is 6.07 Å². The first-order valence-corrected chi connectivity index (χ1v) is 6.89. The lowest BCUT2D eigenvalue weighted by Crippen LogP contribution is -2.28. The average molecular weight is 295 g/mol. The second-order valence-corrected chi connectivity index (χ2v) is 5.64. The van der Waals surface area contributed by atoms with Gasteiger partial charge in [0, 0.05) is 0 Å². The van der Waals surface area contributed by atoms with E-state index in [-0.39, 0.29) is 11.3 Å². The van der Waals surface area contributed by atoms with Crippen molar-refractivity contribution in [3.8, 4) is 5.88 Å². The molecule has 2 unspecified atom stereocenters. The van der Waals surface area contributed by atoms with E-state index < -0.39 is 0 Å². The molecule has 0 saturated heterocycles. The lowest BCUT2D eigenvalue weighted by molar-refractivity contribution is 0.0977. The van der Waals surface area contributed by atoms with Crippen molar-refractivity contribution in [2.45, 2.75) is 38.7 Å². The topological polar surface area (TPSA) is 22.1 Å². The molecule has 2 nitrogen and oxygen atoms in total. The van der Waals surface area contributed by atoms with Crippen LogP contribution in [0.1, 0.15) is 32.6 Å². The molecule has 17 heavy (non-hydrogen) atoms. The Hall–Kier alpha value is -0.180. The molecule has 0 spiro atoms. The second-order valence-electron chi connectivity index (χ2n) is 4.47. The molecule has 1 fully saturated rings. The van der Waals surface area contributed by atoms with Crippen LogP contribution in [0.15, 0.2) is 6.07 Å². The maximum atomic E-state index is 6.04. The Balaban J connectivity index is 2.15. The molecule has 0 aliphatic heterocycles. The highest BCUT2D eigenvalue weighted by atomic mass is 35.5. The number of aromatic nitrogens is 1. The van der Waals surface area contributed by atoms with Gasteiger partial charge in [-0.15, -0.1) is 0 Å². The fourth-order valence-corrected chi connectivity index (χ4v) is 2.65. The molecule has 1 aliphatic carbocycles. The SMILES string of the molecule is CC1CCCCC1Oc1nc(Cl)c(Cl)cc1Cl. The van der Waals surface area contributed by atoms with E-state index >= 15 is 0 Å². The monoisotopic (exact) mass is 293 g/mol. The Bertz CT molecular complexity index is 411. The lowest BCUT2D eigenvalue weighted by Gasteiger charge is -2.29. The molecule has 5 heteroatoms. The number of pyridine rings is 1. The molecule has 2 rings (SSSR count). The van der Waals surface area contributed by atoms with Crippen LogP contribution in [0.4, 0.5) is 0 Å². The number of rotatable bonds is 2. The third-order valence-electron chi connectivity index (χ3n) is 3.15. The molecule has 1 aromatic heterocycles. The molecule has 1 aliphatic rings. The van der Waals surface area contributed by atoms with Crippen LogP contribution in [0.5, 0.6) is 5.88 Å². The summed E-state index contributed by atoms with van der Waals surface area (Å²) in [5.74, 6) is 0.913. The van der Waals surface area contributed by atoms with Gasteiger partial charge in [0.05, 0.1) is 5.02 Å². The zero-order valence-electron chi connectivity index (χ0n) is 9.55. The van der Waals surface area contributed by atoms with Crippen LogP contribution in [0.25, 0.3) is 0 Å². The maximum absolute atomic E-state index is 6.04. The quantitative estimate of drug-likeness (QED) is 0.716. The summed E-state index contributed by atoms with van der Waals surface area (Å²) in [7, 11) is 0. The van der Waals surface area contributed by atoms with Gasteiger partial charge in [-0.25, -0.2) is 0 Å². The Labute approximate surface area is 116 Å². The zero-order valence-corrected chi connectivity index (χ0v) is 11.8. The standard InChI is InChI=1S/C12H14Cl3NO/c1-7-4-2-3-5-10(7)17-12-9(14)6-8(13)11(15)16-12/h6-7,10H,2-5H2,1H3. The van der Waals surface area contributed by atoms with Crippen molar-refractivity contribution in [3.63, 3.8) is 0 Å². The van der Waals surface area contributed by atoms with Gasteiger partial charge in [0.25, 0.3) is 0 Å². The Morgan fingerprint density at radius 1 is 1.18 bits per heavy atom. The molecule has 0 radical (unpaired) electrons. The molecular weight excluding hydrogens is 280 g/mol. The third kappa shape index (κ3) is 3.18. The molecule has 0 bridgehead atoms. The minimum absolute atomic E-state index is 0.172. The lowest BCUT2D eigenvalue weighted by atomic mass is 9.88. The van der Waals surface area contributed by atoms with E-state index in [2.05, 4.69) is 11.9 Å². The van der Waals surface area contributed by atoms with Crippen LogP contribution in [-0.2, 0) is 0 Å². The first-order valence-electron chi connectivity index (χ1n) is 5.76. The summed E-state index contributed by atoms with van der Waals surface area (Å²) in [6, 6.07) is 1.57. The molecule has 1 saturated carbocycles. The van der Waals surface area contributed by atoms with Gasteiger partial charge in [0.2, 0.25) is 5.88 Å². The smallest absolute Gasteiger partial charge is 0.234 e. The van der Waals surface area contributed by atoms with Gasteiger partial charge in [-0.3, -0.25) is 0 Å². The van der Waals surface area contributed by atoms with Gasteiger partial charge in [-0.05, 0) is 31.2 Å². The average Bonchev–Trinajstić information content (AvgIpc) is 2.29. The summed E-state index contributed by atoms with van der Waals surface area (Å²) >= 11 is 17.7. The van der Waals surface area contributed by atoms with Gasteiger partial charge < -0.3 is 4.74 Å². The van der Waals surface area contributed by atoms with Crippen LogP contribution >= 0.6 is 34.8 Å². The van der Waals surface area contributed by atoms with Crippen LogP contribution < -0.4 is 4.74 Å². The van der Waals surface area contributed by atoms with Crippen molar-refractivity contribution >= 4 is 34.8 Å². The summed E-state index contributed by atoms with van der Waals surface area (Å²) in [6.45, 7) is 2.19. The molecule has 1 aromatic rings. The number of hydrogen-bond donors (Lipinski definition) is 0. The maximum Gasteiger partial charge on any atom is 0.234 e. The zero-order chi connectivity index (χ0) is 12.4. The number of halogens is 3. The van der Waals surface area contributed by atoms with Crippen molar-refractivity contribution in [3.05, 3.63) is 21.3 Å². The predicted octanol–water partition coefficient (Wildman–Crippen LogP) is 5.00.